The Kier molecular flexibility index (Phi) is 3.10. The van der Waals surface area contributed by atoms with Gasteiger partial charge in [-0.2, -0.15) is 0 Å². The Bertz CT molecular complexity index is 374. The molecule has 0 unspecified atom stereocenters. The van der Waals surface area contributed by atoms with Gasteiger partial charge in [0.1, 0.15) is 0 Å². The molecule has 0 bridgehead atoms. The summed E-state index contributed by atoms with van der Waals surface area (Å²) in [5.74, 6) is 0.466. The molecule has 15 heavy (non-hydrogen) atoms. The first-order valence-corrected chi connectivity index (χ1v) is 6.02. The first-order chi connectivity index (χ1) is 7.18. The van der Waals surface area contributed by atoms with Crippen molar-refractivity contribution in [3.05, 3.63) is 34.3 Å². The van der Waals surface area contributed by atoms with Crippen LogP contribution in [-0.4, -0.2) is 5.91 Å². The van der Waals surface area contributed by atoms with E-state index in [9.17, 15) is 4.79 Å². The first-order valence-electron chi connectivity index (χ1n) is 5.23. The minimum absolute atomic E-state index is 0.0775. The molecular weight excluding hydrogens is 254 g/mol. The molecular formula is C12H14BrNO. The van der Waals surface area contributed by atoms with Crippen LogP contribution < -0.4 is 5.32 Å². The van der Waals surface area contributed by atoms with Gasteiger partial charge in [0.15, 0.2) is 0 Å². The second-order valence-electron chi connectivity index (χ2n) is 4.03. The molecule has 1 N–H and O–H groups in total. The Hall–Kier alpha value is -0.830. The molecule has 1 atom stereocenters. The van der Waals surface area contributed by atoms with Gasteiger partial charge in [-0.15, -0.1) is 0 Å². The summed E-state index contributed by atoms with van der Waals surface area (Å²) in [6, 6.07) is 8.06. The third-order valence-corrected chi connectivity index (χ3v) is 3.40. The van der Waals surface area contributed by atoms with Crippen LogP contribution in [0.25, 0.3) is 0 Å². The van der Waals surface area contributed by atoms with Crippen molar-refractivity contribution in [1.29, 1.82) is 0 Å². The van der Waals surface area contributed by atoms with Crippen LogP contribution in [0, 0.1) is 5.92 Å². The van der Waals surface area contributed by atoms with Crippen molar-refractivity contribution in [1.82, 2.24) is 5.32 Å². The highest BCUT2D eigenvalue weighted by Gasteiger charge is 2.30. The van der Waals surface area contributed by atoms with E-state index in [1.54, 1.807) is 0 Å². The summed E-state index contributed by atoms with van der Waals surface area (Å²) in [4.78, 5) is 11.6. The summed E-state index contributed by atoms with van der Waals surface area (Å²) >= 11 is 3.49. The van der Waals surface area contributed by atoms with Crippen molar-refractivity contribution in [2.24, 2.45) is 5.92 Å². The highest BCUT2D eigenvalue weighted by Crippen LogP contribution is 2.30. The zero-order chi connectivity index (χ0) is 10.8. The molecule has 1 fully saturated rings. The van der Waals surface area contributed by atoms with Crippen LogP contribution in [0.1, 0.15) is 31.4 Å². The molecule has 1 aliphatic rings. The number of hydrogen-bond donors (Lipinski definition) is 1. The maximum atomic E-state index is 11.6. The minimum Gasteiger partial charge on any atom is -0.349 e. The molecule has 1 saturated carbocycles. The van der Waals surface area contributed by atoms with Crippen molar-refractivity contribution in [2.45, 2.75) is 25.8 Å². The fraction of sp³-hybridized carbons (Fsp3) is 0.417. The van der Waals surface area contributed by atoms with Crippen LogP contribution in [0.4, 0.5) is 0 Å². The lowest BCUT2D eigenvalue weighted by Crippen LogP contribution is -2.28. The Labute approximate surface area is 98.2 Å². The number of amides is 1. The van der Waals surface area contributed by atoms with E-state index in [0.717, 1.165) is 22.9 Å². The van der Waals surface area contributed by atoms with E-state index in [1.807, 2.05) is 31.2 Å². The molecule has 80 valence electrons. The van der Waals surface area contributed by atoms with Crippen LogP contribution in [0.5, 0.6) is 0 Å². The van der Waals surface area contributed by atoms with E-state index < -0.39 is 0 Å². The molecule has 2 nitrogen and oxygen atoms in total. The van der Waals surface area contributed by atoms with Crippen molar-refractivity contribution in [3.63, 3.8) is 0 Å². The summed E-state index contributed by atoms with van der Waals surface area (Å²) in [6.45, 7) is 2.01. The van der Waals surface area contributed by atoms with Gasteiger partial charge in [0.2, 0.25) is 5.91 Å². The largest absolute Gasteiger partial charge is 0.349 e. The maximum absolute atomic E-state index is 11.6. The highest BCUT2D eigenvalue weighted by atomic mass is 79.9. The summed E-state index contributed by atoms with van der Waals surface area (Å²) in [5.41, 5.74) is 1.13. The Morgan fingerprint density at radius 1 is 1.47 bits per heavy atom. The van der Waals surface area contributed by atoms with Gasteiger partial charge in [-0.3, -0.25) is 4.79 Å². The Morgan fingerprint density at radius 3 is 2.73 bits per heavy atom. The number of rotatable bonds is 3. The lowest BCUT2D eigenvalue weighted by molar-refractivity contribution is -0.122. The topological polar surface area (TPSA) is 29.1 Å². The van der Waals surface area contributed by atoms with E-state index in [4.69, 9.17) is 0 Å². The van der Waals surface area contributed by atoms with Crippen LogP contribution in [0.3, 0.4) is 0 Å². The summed E-state index contributed by atoms with van der Waals surface area (Å²) < 4.78 is 1.05. The number of halogens is 1. The first kappa shape index (κ1) is 10.7. The van der Waals surface area contributed by atoms with E-state index in [1.165, 1.54) is 0 Å². The average Bonchev–Trinajstić information content (AvgIpc) is 3.01. The molecule has 0 aliphatic heterocycles. The minimum atomic E-state index is 0.0775. The standard InChI is InChI=1S/C12H14BrNO/c1-8(14-12(15)9-6-7-9)10-4-2-3-5-11(10)13/h2-5,8-9H,6-7H2,1H3,(H,14,15)/t8-/m1/s1. The number of hydrogen-bond acceptors (Lipinski definition) is 1. The van der Waals surface area contributed by atoms with Gasteiger partial charge in [0.05, 0.1) is 6.04 Å². The SMILES string of the molecule is C[C@@H](NC(=O)C1CC1)c1ccccc1Br. The van der Waals surface area contributed by atoms with Gasteiger partial charge in [-0.1, -0.05) is 34.1 Å². The van der Waals surface area contributed by atoms with Gasteiger partial charge < -0.3 is 5.32 Å². The lowest BCUT2D eigenvalue weighted by atomic mass is 10.1. The molecule has 3 heteroatoms. The molecule has 1 amide bonds. The van der Waals surface area contributed by atoms with E-state index in [0.29, 0.717) is 0 Å². The van der Waals surface area contributed by atoms with Gasteiger partial charge in [0.25, 0.3) is 0 Å². The van der Waals surface area contributed by atoms with E-state index in [-0.39, 0.29) is 17.9 Å². The van der Waals surface area contributed by atoms with Gasteiger partial charge in [-0.25, -0.2) is 0 Å². The monoisotopic (exact) mass is 267 g/mol. The fourth-order valence-corrected chi connectivity index (χ4v) is 2.21. The van der Waals surface area contributed by atoms with E-state index in [2.05, 4.69) is 21.2 Å². The normalized spacial score (nSPS) is 17.2. The van der Waals surface area contributed by atoms with E-state index >= 15 is 0 Å². The van der Waals surface area contributed by atoms with Crippen LogP contribution in [0.15, 0.2) is 28.7 Å². The maximum Gasteiger partial charge on any atom is 0.223 e. The fourth-order valence-electron chi connectivity index (χ4n) is 1.58. The third kappa shape index (κ3) is 2.59. The van der Waals surface area contributed by atoms with Crippen molar-refractivity contribution < 1.29 is 4.79 Å². The Balaban J connectivity index is 2.03. The molecule has 1 aromatic carbocycles. The van der Waals surface area contributed by atoms with Gasteiger partial charge >= 0.3 is 0 Å². The van der Waals surface area contributed by atoms with Crippen LogP contribution in [-0.2, 0) is 4.79 Å². The highest BCUT2D eigenvalue weighted by molar-refractivity contribution is 9.10. The second kappa shape index (κ2) is 4.35. The zero-order valence-corrected chi connectivity index (χ0v) is 10.3. The molecule has 0 spiro atoms. The predicted molar refractivity (Wildman–Crippen MR) is 63.4 cm³/mol. The molecule has 0 saturated heterocycles. The molecule has 1 aliphatic carbocycles. The van der Waals surface area contributed by atoms with Crippen molar-refractivity contribution in [2.75, 3.05) is 0 Å². The quantitative estimate of drug-likeness (QED) is 0.896. The number of carbonyl (C=O) groups excluding carboxylic acids is 1. The second-order valence-corrected chi connectivity index (χ2v) is 4.88. The number of benzene rings is 1. The third-order valence-electron chi connectivity index (χ3n) is 2.68. The number of carbonyl (C=O) groups is 1. The molecule has 1 aromatic rings. The lowest BCUT2D eigenvalue weighted by Gasteiger charge is -2.15. The van der Waals surface area contributed by atoms with Crippen LogP contribution >= 0.6 is 15.9 Å². The molecule has 0 heterocycles. The van der Waals surface area contributed by atoms with Gasteiger partial charge in [-0.05, 0) is 31.4 Å². The molecule has 0 radical (unpaired) electrons. The smallest absolute Gasteiger partial charge is 0.223 e. The van der Waals surface area contributed by atoms with Crippen molar-refractivity contribution in [3.8, 4) is 0 Å². The van der Waals surface area contributed by atoms with Crippen LogP contribution in [0.2, 0.25) is 0 Å². The summed E-state index contributed by atoms with van der Waals surface area (Å²) in [6.07, 6.45) is 2.10. The molecule has 0 aromatic heterocycles. The molecule has 2 rings (SSSR count). The summed E-state index contributed by atoms with van der Waals surface area (Å²) in [7, 11) is 0. The zero-order valence-electron chi connectivity index (χ0n) is 8.66. The predicted octanol–water partition coefficient (Wildman–Crippen LogP) is 3.04. The Morgan fingerprint density at radius 2 is 2.13 bits per heavy atom. The summed E-state index contributed by atoms with van der Waals surface area (Å²) in [5, 5.41) is 3.03. The van der Waals surface area contributed by atoms with Gasteiger partial charge in [0, 0.05) is 10.4 Å². The number of nitrogens with one attached hydrogen (secondary N) is 1. The average molecular weight is 268 g/mol. The van der Waals surface area contributed by atoms with Crippen molar-refractivity contribution >= 4 is 21.8 Å².